The number of anilines is 1. The number of hydrazone groups is 1. The molecule has 2 N–H and O–H groups in total. The summed E-state index contributed by atoms with van der Waals surface area (Å²) in [6.07, 6.45) is 1.32. The van der Waals surface area contributed by atoms with Crippen molar-refractivity contribution in [2.24, 2.45) is 5.10 Å². The summed E-state index contributed by atoms with van der Waals surface area (Å²) in [5, 5.41) is 5.91. The lowest BCUT2D eigenvalue weighted by Crippen LogP contribution is -2.32. The van der Waals surface area contributed by atoms with Crippen LogP contribution in [0.4, 0.5) is 14.5 Å². The molecule has 2 amide bonds. The van der Waals surface area contributed by atoms with Crippen LogP contribution in [0.1, 0.15) is 18.1 Å². The molecule has 7 nitrogen and oxygen atoms in total. The Morgan fingerprint density at radius 1 is 0.939 bits per heavy atom. The average molecular weight is 453 g/mol. The lowest BCUT2D eigenvalue weighted by molar-refractivity contribution is -0.136. The number of halogens is 2. The molecule has 0 aliphatic rings. The fourth-order valence-electron chi connectivity index (χ4n) is 2.69. The molecule has 0 bridgehead atoms. The van der Waals surface area contributed by atoms with Crippen molar-refractivity contribution in [3.63, 3.8) is 0 Å². The standard InChI is InChI=1S/C24H21F2N3O4/c1-2-32-22-13-17(9-12-21(22)33-15-16-7-10-18(25)11-8-16)14-27-29-24(31)23(30)28-20-6-4-3-5-19(20)26/h3-14H,2,15H2,1H3,(H,28,30)(H,29,31)/b27-14-. The molecule has 0 heterocycles. The highest BCUT2D eigenvalue weighted by Crippen LogP contribution is 2.29. The van der Waals surface area contributed by atoms with Crippen molar-refractivity contribution in [2.75, 3.05) is 11.9 Å². The van der Waals surface area contributed by atoms with Gasteiger partial charge in [-0.15, -0.1) is 0 Å². The molecule has 0 spiro atoms. The van der Waals surface area contributed by atoms with Gasteiger partial charge in [-0.2, -0.15) is 5.10 Å². The first-order valence-electron chi connectivity index (χ1n) is 9.99. The van der Waals surface area contributed by atoms with Crippen LogP contribution in [0.3, 0.4) is 0 Å². The SMILES string of the molecule is CCOc1cc(/C=N\NC(=O)C(=O)Nc2ccccc2F)ccc1OCc1ccc(F)cc1. The number of rotatable bonds is 8. The smallest absolute Gasteiger partial charge is 0.329 e. The molecule has 0 saturated heterocycles. The fraction of sp³-hybridized carbons (Fsp3) is 0.125. The summed E-state index contributed by atoms with van der Waals surface area (Å²) in [5.74, 6) is -2.17. The Bertz CT molecular complexity index is 1150. The third-order valence-corrected chi connectivity index (χ3v) is 4.28. The van der Waals surface area contributed by atoms with Gasteiger partial charge in [-0.05, 0) is 60.5 Å². The molecule has 33 heavy (non-hydrogen) atoms. The van der Waals surface area contributed by atoms with Gasteiger partial charge >= 0.3 is 11.8 Å². The van der Waals surface area contributed by atoms with E-state index < -0.39 is 17.6 Å². The third kappa shape index (κ3) is 6.86. The van der Waals surface area contributed by atoms with Crippen molar-refractivity contribution in [1.82, 2.24) is 5.43 Å². The minimum Gasteiger partial charge on any atom is -0.490 e. The predicted molar refractivity (Wildman–Crippen MR) is 119 cm³/mol. The molecule has 0 unspecified atom stereocenters. The monoisotopic (exact) mass is 453 g/mol. The van der Waals surface area contributed by atoms with Gasteiger partial charge in [-0.3, -0.25) is 9.59 Å². The number of nitrogens with one attached hydrogen (secondary N) is 2. The minimum atomic E-state index is -1.06. The Morgan fingerprint density at radius 3 is 2.42 bits per heavy atom. The number of para-hydroxylation sites is 1. The zero-order valence-corrected chi connectivity index (χ0v) is 17.7. The first-order valence-corrected chi connectivity index (χ1v) is 9.99. The molecule has 0 aliphatic carbocycles. The Balaban J connectivity index is 1.59. The predicted octanol–water partition coefficient (Wildman–Crippen LogP) is 4.03. The molecule has 0 atom stereocenters. The Kier molecular flexibility index (Phi) is 8.07. The lowest BCUT2D eigenvalue weighted by Gasteiger charge is -2.12. The van der Waals surface area contributed by atoms with Gasteiger partial charge in [0.25, 0.3) is 0 Å². The molecule has 3 aromatic carbocycles. The van der Waals surface area contributed by atoms with Gasteiger partial charge in [-0.25, -0.2) is 14.2 Å². The highest BCUT2D eigenvalue weighted by Gasteiger charge is 2.14. The van der Waals surface area contributed by atoms with Gasteiger partial charge in [0.2, 0.25) is 0 Å². The van der Waals surface area contributed by atoms with Crippen LogP contribution in [-0.4, -0.2) is 24.6 Å². The van der Waals surface area contributed by atoms with E-state index >= 15 is 0 Å². The van der Waals surface area contributed by atoms with Crippen molar-refractivity contribution < 1.29 is 27.8 Å². The van der Waals surface area contributed by atoms with E-state index in [9.17, 15) is 18.4 Å². The number of hydrogen-bond donors (Lipinski definition) is 2. The number of amides is 2. The van der Waals surface area contributed by atoms with Crippen LogP contribution in [0.15, 0.2) is 71.8 Å². The zero-order valence-electron chi connectivity index (χ0n) is 17.7. The Hall–Kier alpha value is -4.27. The number of ether oxygens (including phenoxy) is 2. The van der Waals surface area contributed by atoms with Crippen molar-refractivity contribution in [1.29, 1.82) is 0 Å². The topological polar surface area (TPSA) is 89.0 Å². The molecule has 3 aromatic rings. The summed E-state index contributed by atoms with van der Waals surface area (Å²) in [6, 6.07) is 16.4. The quantitative estimate of drug-likeness (QED) is 0.306. The van der Waals surface area contributed by atoms with Gasteiger partial charge < -0.3 is 14.8 Å². The Labute approximate surface area is 189 Å². The molecular formula is C24H21F2N3O4. The summed E-state index contributed by atoms with van der Waals surface area (Å²) in [4.78, 5) is 23.8. The molecule has 0 aromatic heterocycles. The van der Waals surface area contributed by atoms with Crippen LogP contribution in [-0.2, 0) is 16.2 Å². The molecule has 0 fully saturated rings. The maximum atomic E-state index is 13.6. The van der Waals surface area contributed by atoms with Crippen molar-refractivity contribution >= 4 is 23.7 Å². The average Bonchev–Trinajstić information content (AvgIpc) is 2.81. The van der Waals surface area contributed by atoms with Crippen molar-refractivity contribution in [3.05, 3.63) is 89.5 Å². The number of carbonyl (C=O) groups excluding carboxylic acids is 2. The first-order chi connectivity index (χ1) is 16.0. The summed E-state index contributed by atoms with van der Waals surface area (Å²) in [7, 11) is 0. The molecule has 0 aliphatic heterocycles. The van der Waals surface area contributed by atoms with Crippen molar-refractivity contribution in [2.45, 2.75) is 13.5 Å². The van der Waals surface area contributed by atoms with Gasteiger partial charge in [0, 0.05) is 0 Å². The van der Waals surface area contributed by atoms with Gasteiger partial charge in [0.15, 0.2) is 11.5 Å². The van der Waals surface area contributed by atoms with E-state index in [0.717, 1.165) is 11.6 Å². The summed E-state index contributed by atoms with van der Waals surface area (Å²) in [6.45, 7) is 2.43. The molecule has 0 saturated carbocycles. The first kappa shape index (κ1) is 23.4. The van der Waals surface area contributed by atoms with Gasteiger partial charge in [-0.1, -0.05) is 24.3 Å². The van der Waals surface area contributed by atoms with E-state index in [1.165, 1.54) is 36.5 Å². The number of carbonyl (C=O) groups is 2. The summed E-state index contributed by atoms with van der Waals surface area (Å²) < 4.78 is 38.0. The van der Waals surface area contributed by atoms with E-state index in [-0.39, 0.29) is 18.1 Å². The fourth-order valence-corrected chi connectivity index (χ4v) is 2.69. The van der Waals surface area contributed by atoms with Crippen LogP contribution >= 0.6 is 0 Å². The van der Waals surface area contributed by atoms with Crippen LogP contribution in [0.25, 0.3) is 0 Å². The maximum Gasteiger partial charge on any atom is 0.329 e. The molecule has 0 radical (unpaired) electrons. The Morgan fingerprint density at radius 2 is 1.70 bits per heavy atom. The highest BCUT2D eigenvalue weighted by atomic mass is 19.1. The van der Waals surface area contributed by atoms with Crippen LogP contribution in [0.5, 0.6) is 11.5 Å². The summed E-state index contributed by atoms with van der Waals surface area (Å²) in [5.41, 5.74) is 3.33. The van der Waals surface area contributed by atoms with Crippen molar-refractivity contribution in [3.8, 4) is 11.5 Å². The van der Waals surface area contributed by atoms with Gasteiger partial charge in [0.05, 0.1) is 18.5 Å². The molecule has 9 heteroatoms. The highest BCUT2D eigenvalue weighted by molar-refractivity contribution is 6.39. The number of benzene rings is 3. The van der Waals surface area contributed by atoms with Gasteiger partial charge in [0.1, 0.15) is 18.2 Å². The second-order valence-electron chi connectivity index (χ2n) is 6.69. The van der Waals surface area contributed by atoms with E-state index in [1.807, 2.05) is 6.92 Å². The minimum absolute atomic E-state index is 0.112. The number of nitrogens with zero attached hydrogens (tertiary/aromatic N) is 1. The molecule has 170 valence electrons. The largest absolute Gasteiger partial charge is 0.490 e. The van der Waals surface area contributed by atoms with Crippen LogP contribution in [0, 0.1) is 11.6 Å². The lowest BCUT2D eigenvalue weighted by atomic mass is 10.2. The molecular weight excluding hydrogens is 432 g/mol. The van der Waals surface area contributed by atoms with Crippen LogP contribution < -0.4 is 20.2 Å². The molecule has 3 rings (SSSR count). The second kappa shape index (κ2) is 11.4. The maximum absolute atomic E-state index is 13.6. The normalized spacial score (nSPS) is 10.6. The summed E-state index contributed by atoms with van der Waals surface area (Å²) >= 11 is 0. The van der Waals surface area contributed by atoms with E-state index in [4.69, 9.17) is 9.47 Å². The van der Waals surface area contributed by atoms with Crippen LogP contribution in [0.2, 0.25) is 0 Å². The third-order valence-electron chi connectivity index (χ3n) is 4.28. The second-order valence-corrected chi connectivity index (χ2v) is 6.69. The van der Waals surface area contributed by atoms with E-state index in [2.05, 4.69) is 15.8 Å². The van der Waals surface area contributed by atoms with E-state index in [0.29, 0.717) is 23.7 Å². The zero-order chi connectivity index (χ0) is 23.6. The van der Waals surface area contributed by atoms with E-state index in [1.54, 1.807) is 30.3 Å². The number of hydrogen-bond acceptors (Lipinski definition) is 5.